The second kappa shape index (κ2) is 21.4. The molecule has 8 aromatic rings. The quantitative estimate of drug-likeness (QED) is 0.0407. The number of nitriles is 1. The fourth-order valence-corrected chi connectivity index (χ4v) is 14.4. The maximum absolute atomic E-state index is 14.8. The predicted molar refractivity (Wildman–Crippen MR) is 293 cm³/mol. The van der Waals surface area contributed by atoms with Crippen LogP contribution in [0.5, 0.6) is 5.88 Å². The van der Waals surface area contributed by atoms with Gasteiger partial charge in [0.05, 0.1) is 78.6 Å². The minimum atomic E-state index is -3.83. The van der Waals surface area contributed by atoms with Crippen molar-refractivity contribution in [1.82, 2.24) is 44.9 Å². The lowest BCUT2D eigenvalue weighted by Crippen LogP contribution is -2.40. The standard InChI is InChI=1S/C54H54F2N14O6S3/c1-25-39(48(69-53(63-25)61-22-27-6-7-27)65-35-21-30(44(71)46(35)73)24-79(74,75)31-11-16-58-17-12-31)52-68-43-38(78-52)14-19-60-50(43)76-47-36(20-29(10-15-57)45(47)72)66-49-40(51-67-42-37(77-51)13-18-59-41(42)28-8-9-28)26(2)64-54(70-49)62-23-32-33(55)4-3-5-34(32)56/h3-5,11-14,16-19,27-30,35-36,44-47,71-73H,6-10,20-24H2,1-2H3,(H2,61,63,65,69)(H2,62,64,66,70)/t29-,30+,35+,36?,44+,45+,46-,47-/m0/s1. The Morgan fingerprint density at radius 3 is 2.00 bits per heavy atom. The first-order valence-corrected chi connectivity index (χ1v) is 29.4. The third-order valence-corrected chi connectivity index (χ3v) is 19.1. The minimum Gasteiger partial charge on any atom is -0.468 e. The number of aromatic nitrogens is 9. The maximum Gasteiger partial charge on any atom is 0.241 e. The molecule has 79 heavy (non-hydrogen) atoms. The summed E-state index contributed by atoms with van der Waals surface area (Å²) in [4.78, 5) is 42.8. The molecular formula is C54H54F2N14O6S3. The molecule has 1 unspecified atom stereocenters. The molecule has 20 nitrogen and oxygen atoms in total. The first kappa shape index (κ1) is 52.5. The molecule has 0 amide bonds. The average Bonchev–Trinajstić information content (AvgIpc) is 4.43. The molecule has 0 aliphatic heterocycles. The van der Waals surface area contributed by atoms with Crippen molar-refractivity contribution in [3.8, 4) is 33.1 Å². The Kier molecular flexibility index (Phi) is 14.2. The van der Waals surface area contributed by atoms with Gasteiger partial charge in [-0.05, 0) is 94.7 Å². The summed E-state index contributed by atoms with van der Waals surface area (Å²) < 4.78 is 64.9. The highest BCUT2D eigenvalue weighted by Gasteiger charge is 2.46. The Morgan fingerprint density at radius 2 is 1.34 bits per heavy atom. The van der Waals surface area contributed by atoms with Crippen molar-refractivity contribution in [2.45, 2.75) is 113 Å². The van der Waals surface area contributed by atoms with Crippen molar-refractivity contribution in [2.75, 3.05) is 33.6 Å². The number of aliphatic hydroxyl groups is 3. The van der Waals surface area contributed by atoms with E-state index < -0.39 is 75.6 Å². The summed E-state index contributed by atoms with van der Waals surface area (Å²) in [5, 5.41) is 59.1. The number of pyridine rings is 3. The van der Waals surface area contributed by atoms with Crippen LogP contribution in [0.4, 0.5) is 32.3 Å². The van der Waals surface area contributed by atoms with Gasteiger partial charge in [0.15, 0.2) is 9.84 Å². The molecule has 0 bridgehead atoms. The summed E-state index contributed by atoms with van der Waals surface area (Å²) in [5.41, 5.74) is 4.00. The smallest absolute Gasteiger partial charge is 0.241 e. The number of aliphatic hydroxyl groups excluding tert-OH is 3. The van der Waals surface area contributed by atoms with E-state index in [0.29, 0.717) is 78.7 Å². The Balaban J connectivity index is 0.872. The molecule has 7 N–H and O–H groups in total. The Morgan fingerprint density at radius 1 is 0.722 bits per heavy atom. The van der Waals surface area contributed by atoms with E-state index in [1.807, 2.05) is 13.0 Å². The zero-order valence-electron chi connectivity index (χ0n) is 42.7. The number of ether oxygens (including phenoxy) is 1. The van der Waals surface area contributed by atoms with Gasteiger partial charge in [-0.1, -0.05) is 6.07 Å². The van der Waals surface area contributed by atoms with Gasteiger partial charge in [0.2, 0.25) is 17.8 Å². The van der Waals surface area contributed by atoms with Crippen molar-refractivity contribution in [3.05, 3.63) is 102 Å². The van der Waals surface area contributed by atoms with Gasteiger partial charge in [-0.3, -0.25) is 9.97 Å². The lowest BCUT2D eigenvalue weighted by Gasteiger charge is -2.25. The number of nitrogens with zero attached hydrogens (tertiary/aromatic N) is 10. The number of anilines is 4. The van der Waals surface area contributed by atoms with E-state index in [4.69, 9.17) is 34.6 Å². The Bertz CT molecular complexity index is 3750. The van der Waals surface area contributed by atoms with E-state index in [1.165, 1.54) is 65.4 Å². The molecule has 0 spiro atoms. The van der Waals surface area contributed by atoms with Crippen molar-refractivity contribution in [3.63, 3.8) is 0 Å². The number of benzene rings is 1. The fraction of sp³-hybridized carbons (Fsp3) is 0.407. The summed E-state index contributed by atoms with van der Waals surface area (Å²) in [6.45, 7) is 4.02. The number of aryl methyl sites for hydroxylation is 2. The van der Waals surface area contributed by atoms with Gasteiger partial charge in [0.25, 0.3) is 0 Å². The second-order valence-electron chi connectivity index (χ2n) is 20.8. The number of nitrogens with one attached hydrogen (secondary N) is 4. The van der Waals surface area contributed by atoms with E-state index in [9.17, 15) is 37.8 Å². The third kappa shape index (κ3) is 10.7. The van der Waals surface area contributed by atoms with Crippen LogP contribution in [0, 0.1) is 54.6 Å². The van der Waals surface area contributed by atoms with Crippen molar-refractivity contribution in [2.24, 2.45) is 17.8 Å². The van der Waals surface area contributed by atoms with Crippen molar-refractivity contribution in [1.29, 1.82) is 5.26 Å². The molecule has 7 heterocycles. The molecule has 4 fully saturated rings. The van der Waals surface area contributed by atoms with E-state index in [0.717, 1.165) is 41.6 Å². The average molecular weight is 1130 g/mol. The van der Waals surface area contributed by atoms with E-state index >= 15 is 0 Å². The highest BCUT2D eigenvalue weighted by molar-refractivity contribution is 7.91. The van der Waals surface area contributed by atoms with Gasteiger partial charge in [-0.2, -0.15) is 15.2 Å². The molecule has 4 aliphatic carbocycles. The molecule has 0 radical (unpaired) electrons. The number of halogens is 2. The largest absolute Gasteiger partial charge is 0.468 e. The lowest BCUT2D eigenvalue weighted by atomic mass is 10.0. The van der Waals surface area contributed by atoms with Gasteiger partial charge < -0.3 is 41.3 Å². The molecule has 25 heteroatoms. The van der Waals surface area contributed by atoms with E-state index in [-0.39, 0.29) is 48.1 Å². The number of sulfone groups is 1. The van der Waals surface area contributed by atoms with Gasteiger partial charge >= 0.3 is 0 Å². The molecule has 1 aromatic carbocycles. The topological polar surface area (TPSA) is 292 Å². The van der Waals surface area contributed by atoms with Crippen LogP contribution < -0.4 is 26.0 Å². The summed E-state index contributed by atoms with van der Waals surface area (Å²) in [7, 11) is -3.83. The normalized spacial score (nSPS) is 23.0. The van der Waals surface area contributed by atoms with E-state index in [1.54, 1.807) is 25.4 Å². The summed E-state index contributed by atoms with van der Waals surface area (Å²) in [6, 6.07) is 10.8. The molecule has 408 valence electrons. The second-order valence-corrected chi connectivity index (χ2v) is 24.9. The molecule has 4 aliphatic rings. The number of hydrogen-bond donors (Lipinski definition) is 7. The summed E-state index contributed by atoms with van der Waals surface area (Å²) >= 11 is 2.76. The SMILES string of the molecule is Cc1nc(NCC2CC2)nc(N[C@@H]2C[C@H](CS(=O)(=O)c3ccncc3)[C@@H](O)[C@H]2O)c1-c1nc2c(O[C@H]3C(Nc4nc(NCc5c(F)cccc5F)nc(C)c4-c4nc5c(C6CC6)nccc5s4)C[C@H](CC#N)[C@H]3O)nccc2s1. The van der Waals surface area contributed by atoms with Crippen LogP contribution >= 0.6 is 22.7 Å². The van der Waals surface area contributed by atoms with Gasteiger partial charge in [-0.15, -0.1) is 22.7 Å². The number of thiazole rings is 2. The highest BCUT2D eigenvalue weighted by atomic mass is 32.2. The van der Waals surface area contributed by atoms with Gasteiger partial charge in [0.1, 0.15) is 56.5 Å². The molecule has 8 atom stereocenters. The predicted octanol–water partition coefficient (Wildman–Crippen LogP) is 7.73. The third-order valence-electron chi connectivity index (χ3n) is 15.2. The molecule has 4 saturated carbocycles. The zero-order chi connectivity index (χ0) is 54.7. The highest BCUT2D eigenvalue weighted by Crippen LogP contribution is 2.46. The maximum atomic E-state index is 14.8. The monoisotopic (exact) mass is 1130 g/mol. The van der Waals surface area contributed by atoms with Gasteiger partial charge in [0, 0.05) is 67.6 Å². The van der Waals surface area contributed by atoms with Crippen LogP contribution in [-0.2, 0) is 16.4 Å². The number of hydrogen-bond acceptors (Lipinski definition) is 22. The van der Waals surface area contributed by atoms with Crippen LogP contribution in [0.1, 0.15) is 73.5 Å². The van der Waals surface area contributed by atoms with Crippen LogP contribution in [0.15, 0.2) is 72.1 Å². The summed E-state index contributed by atoms with van der Waals surface area (Å²) in [5.74, 6) is -1.24. The van der Waals surface area contributed by atoms with Crippen LogP contribution in [-0.4, -0.2) is 117 Å². The van der Waals surface area contributed by atoms with E-state index in [2.05, 4.69) is 42.3 Å². The van der Waals surface area contributed by atoms with Crippen LogP contribution in [0.2, 0.25) is 0 Å². The zero-order valence-corrected chi connectivity index (χ0v) is 45.2. The number of rotatable bonds is 19. The lowest BCUT2D eigenvalue weighted by molar-refractivity contribution is 0.0216. The van der Waals surface area contributed by atoms with Crippen LogP contribution in [0.25, 0.3) is 41.6 Å². The van der Waals surface area contributed by atoms with Crippen molar-refractivity contribution >= 4 is 76.5 Å². The molecule has 7 aromatic heterocycles. The molecule has 12 rings (SSSR count). The first-order valence-electron chi connectivity index (χ1n) is 26.1. The molecular weight excluding hydrogens is 1070 g/mol. The van der Waals surface area contributed by atoms with Crippen molar-refractivity contribution < 1.29 is 37.3 Å². The molecule has 0 saturated heterocycles. The fourth-order valence-electron chi connectivity index (χ4n) is 10.7. The minimum absolute atomic E-state index is 0.0117. The summed E-state index contributed by atoms with van der Waals surface area (Å²) in [6.07, 6.45) is 5.85. The Hall–Kier alpha value is -7.21. The number of fused-ring (bicyclic) bond motifs is 2. The van der Waals surface area contributed by atoms with Crippen LogP contribution in [0.3, 0.4) is 0 Å². The first-order chi connectivity index (χ1) is 38.2. The van der Waals surface area contributed by atoms with Gasteiger partial charge in [-0.25, -0.2) is 42.1 Å². The Labute approximate surface area is 460 Å².